The highest BCUT2D eigenvalue weighted by atomic mass is 19.1. The fourth-order valence-electron chi connectivity index (χ4n) is 6.58. The van der Waals surface area contributed by atoms with Crippen molar-refractivity contribution in [3.8, 4) is 23.3 Å². The van der Waals surface area contributed by atoms with Crippen molar-refractivity contribution in [2.24, 2.45) is 0 Å². The minimum atomic E-state index is -0.866. The molecule has 2 aromatic carbocycles. The van der Waals surface area contributed by atoms with Crippen LogP contribution in [0.2, 0.25) is 0 Å². The SMILES string of the molecule is C=C(F)C(=N)N1CCN(c2nc(OC[C@@H]3C[C@@H](OC)CN3C)nc3c(F)c(-c4cccc5cccc(C)c45)ncc23)C[C@@H]1CC#N. The van der Waals surface area contributed by atoms with E-state index >= 15 is 4.39 Å². The van der Waals surface area contributed by atoms with Crippen LogP contribution in [0, 0.1) is 29.5 Å². The summed E-state index contributed by atoms with van der Waals surface area (Å²) in [5, 5.41) is 20.0. The molecule has 2 saturated heterocycles. The third kappa shape index (κ3) is 5.84. The molecule has 2 aliphatic heterocycles. The summed E-state index contributed by atoms with van der Waals surface area (Å²) >= 11 is 0. The van der Waals surface area contributed by atoms with Crippen LogP contribution in [0.3, 0.4) is 0 Å². The van der Waals surface area contributed by atoms with Gasteiger partial charge in [0.05, 0.1) is 30.0 Å². The maximum Gasteiger partial charge on any atom is 0.319 e. The fraction of sp³-hybridized carbons (Fsp3) is 0.382. The average Bonchev–Trinajstić information content (AvgIpc) is 3.42. The van der Waals surface area contributed by atoms with E-state index in [-0.39, 0.29) is 61.3 Å². The summed E-state index contributed by atoms with van der Waals surface area (Å²) in [5.74, 6) is -1.42. The van der Waals surface area contributed by atoms with Gasteiger partial charge in [0.15, 0.2) is 17.5 Å². The number of hydrogen-bond donors (Lipinski definition) is 1. The van der Waals surface area contributed by atoms with Gasteiger partial charge in [-0.2, -0.15) is 15.2 Å². The molecule has 12 heteroatoms. The van der Waals surface area contributed by atoms with Crippen LogP contribution in [-0.2, 0) is 4.74 Å². The zero-order valence-electron chi connectivity index (χ0n) is 26.1. The Morgan fingerprint density at radius 2 is 1.93 bits per heavy atom. The van der Waals surface area contributed by atoms with Crippen molar-refractivity contribution in [2.45, 2.75) is 38.0 Å². The second-order valence-corrected chi connectivity index (χ2v) is 11.9. The number of aryl methyl sites for hydroxylation is 1. The molecule has 4 heterocycles. The van der Waals surface area contributed by atoms with E-state index in [4.69, 9.17) is 19.9 Å². The van der Waals surface area contributed by atoms with Crippen molar-refractivity contribution in [3.63, 3.8) is 0 Å². The second-order valence-electron chi connectivity index (χ2n) is 11.9. The maximum absolute atomic E-state index is 16.7. The van der Waals surface area contributed by atoms with Crippen LogP contribution in [0.25, 0.3) is 32.9 Å². The molecule has 0 aliphatic carbocycles. The van der Waals surface area contributed by atoms with E-state index in [0.717, 1.165) is 29.3 Å². The number of nitriles is 1. The second kappa shape index (κ2) is 12.9. The lowest BCUT2D eigenvalue weighted by atomic mass is 9.97. The summed E-state index contributed by atoms with van der Waals surface area (Å²) < 4.78 is 42.4. The molecule has 2 aliphatic rings. The lowest BCUT2D eigenvalue weighted by Crippen LogP contribution is -2.55. The topological polar surface area (TPSA) is 114 Å². The molecule has 238 valence electrons. The Labute approximate surface area is 266 Å². The molecule has 0 saturated carbocycles. The van der Waals surface area contributed by atoms with Crippen molar-refractivity contribution < 1.29 is 18.3 Å². The Kier molecular flexibility index (Phi) is 8.80. The quantitative estimate of drug-likeness (QED) is 0.207. The molecule has 2 aromatic heterocycles. The first-order valence-electron chi connectivity index (χ1n) is 15.2. The van der Waals surface area contributed by atoms with E-state index in [1.54, 1.807) is 13.3 Å². The zero-order chi connectivity index (χ0) is 32.5. The van der Waals surface area contributed by atoms with E-state index in [0.29, 0.717) is 23.3 Å². The van der Waals surface area contributed by atoms with Gasteiger partial charge in [0, 0.05) is 51.1 Å². The summed E-state index contributed by atoms with van der Waals surface area (Å²) in [5.41, 5.74) is 1.89. The Hall–Kier alpha value is -4.73. The lowest BCUT2D eigenvalue weighted by Gasteiger charge is -2.42. The first-order chi connectivity index (χ1) is 22.2. The number of aromatic nitrogens is 3. The molecule has 4 aromatic rings. The molecule has 1 N–H and O–H groups in total. The number of hydrogen-bond acceptors (Lipinski definition) is 9. The summed E-state index contributed by atoms with van der Waals surface area (Å²) in [6.07, 6.45) is 2.49. The molecule has 3 atom stereocenters. The smallest absolute Gasteiger partial charge is 0.319 e. The number of ether oxygens (including phenoxy) is 2. The Balaban J connectivity index is 1.44. The Bertz CT molecular complexity index is 1860. The molecular formula is C34H36F2N8O2. The number of nitrogens with zero attached hydrogens (tertiary/aromatic N) is 7. The number of halogens is 2. The van der Waals surface area contributed by atoms with Crippen LogP contribution >= 0.6 is 0 Å². The molecule has 10 nitrogen and oxygen atoms in total. The fourth-order valence-corrected chi connectivity index (χ4v) is 6.58. The number of methoxy groups -OCH3 is 1. The molecule has 6 rings (SSSR count). The van der Waals surface area contributed by atoms with Gasteiger partial charge in [0.2, 0.25) is 0 Å². The Morgan fingerprint density at radius 1 is 1.15 bits per heavy atom. The van der Waals surface area contributed by atoms with Gasteiger partial charge in [-0.05, 0) is 36.7 Å². The van der Waals surface area contributed by atoms with Gasteiger partial charge in [0.1, 0.15) is 23.6 Å². The van der Waals surface area contributed by atoms with Crippen LogP contribution in [0.15, 0.2) is 55.0 Å². The summed E-state index contributed by atoms with van der Waals surface area (Å²) in [4.78, 5) is 19.5. The molecule has 0 radical (unpaired) electrons. The molecule has 0 spiro atoms. The standard InChI is InChI=1S/C34H36F2N8O2/c1-20-7-5-8-22-9-6-10-26(28(20)22)30-29(36)31-27(16-39-30)33(41-34(40-31)46-19-24-15-25(45-4)18-42(24)3)43-13-14-44(32(38)21(2)35)23(17-43)11-12-37/h5-10,16,23-25,38H,2,11,13-15,17-19H2,1,3-4H3/t23-,24-,25+/m0/s1. The van der Waals surface area contributed by atoms with E-state index in [1.807, 2.05) is 55.3 Å². The van der Waals surface area contributed by atoms with Gasteiger partial charge in [-0.1, -0.05) is 43.0 Å². The van der Waals surface area contributed by atoms with Crippen molar-refractivity contribution in [1.29, 1.82) is 10.7 Å². The number of anilines is 1. The number of nitrogens with one attached hydrogen (secondary N) is 1. The van der Waals surface area contributed by atoms with Crippen molar-refractivity contribution in [3.05, 3.63) is 66.4 Å². The van der Waals surface area contributed by atoms with E-state index in [2.05, 4.69) is 27.5 Å². The van der Waals surface area contributed by atoms with Gasteiger partial charge in [-0.25, -0.2) is 8.78 Å². The van der Waals surface area contributed by atoms with E-state index in [1.165, 1.54) is 4.90 Å². The van der Waals surface area contributed by atoms with Crippen molar-refractivity contribution in [1.82, 2.24) is 24.8 Å². The third-order valence-corrected chi connectivity index (χ3v) is 9.05. The zero-order valence-corrected chi connectivity index (χ0v) is 26.1. The first-order valence-corrected chi connectivity index (χ1v) is 15.2. The van der Waals surface area contributed by atoms with Gasteiger partial charge < -0.3 is 19.3 Å². The van der Waals surface area contributed by atoms with Gasteiger partial charge in [-0.15, -0.1) is 0 Å². The van der Waals surface area contributed by atoms with Crippen LogP contribution in [-0.4, -0.2) is 95.7 Å². The number of piperazine rings is 1. The summed E-state index contributed by atoms with van der Waals surface area (Å²) in [6.45, 7) is 7.11. The van der Waals surface area contributed by atoms with Crippen LogP contribution in [0.4, 0.5) is 14.6 Å². The Morgan fingerprint density at radius 3 is 2.65 bits per heavy atom. The minimum Gasteiger partial charge on any atom is -0.462 e. The number of likely N-dealkylation sites (N-methyl/N-ethyl adjacent to an activating group) is 1. The minimum absolute atomic E-state index is 0.0195. The highest BCUT2D eigenvalue weighted by molar-refractivity contribution is 6.00. The van der Waals surface area contributed by atoms with Gasteiger partial charge >= 0.3 is 6.01 Å². The number of pyridine rings is 1. The molecule has 2 fully saturated rings. The van der Waals surface area contributed by atoms with Gasteiger partial charge in [0.25, 0.3) is 0 Å². The lowest BCUT2D eigenvalue weighted by molar-refractivity contribution is 0.111. The van der Waals surface area contributed by atoms with Crippen LogP contribution < -0.4 is 9.64 Å². The molecule has 0 bridgehead atoms. The highest BCUT2D eigenvalue weighted by Gasteiger charge is 2.33. The monoisotopic (exact) mass is 626 g/mol. The molecule has 46 heavy (non-hydrogen) atoms. The number of likely N-dealkylation sites (tertiary alicyclic amines) is 1. The number of fused-ring (bicyclic) bond motifs is 2. The maximum atomic E-state index is 16.7. The normalized spacial score (nSPS) is 20.3. The summed E-state index contributed by atoms with van der Waals surface area (Å²) in [7, 11) is 3.69. The molecule has 0 amide bonds. The van der Waals surface area contributed by atoms with Crippen molar-refractivity contribution in [2.75, 3.05) is 51.8 Å². The average molecular weight is 627 g/mol. The predicted molar refractivity (Wildman–Crippen MR) is 173 cm³/mol. The third-order valence-electron chi connectivity index (χ3n) is 9.05. The first kappa shape index (κ1) is 31.3. The largest absolute Gasteiger partial charge is 0.462 e. The number of amidine groups is 1. The number of rotatable bonds is 8. The number of benzene rings is 2. The van der Waals surface area contributed by atoms with E-state index < -0.39 is 17.7 Å². The van der Waals surface area contributed by atoms with Gasteiger partial charge in [-0.3, -0.25) is 15.3 Å². The predicted octanol–water partition coefficient (Wildman–Crippen LogP) is 5.26. The van der Waals surface area contributed by atoms with E-state index in [9.17, 15) is 9.65 Å². The van der Waals surface area contributed by atoms with Crippen LogP contribution in [0.1, 0.15) is 18.4 Å². The van der Waals surface area contributed by atoms with Crippen molar-refractivity contribution >= 4 is 33.3 Å². The molecule has 0 unspecified atom stereocenters. The highest BCUT2D eigenvalue weighted by Crippen LogP contribution is 2.36. The summed E-state index contributed by atoms with van der Waals surface area (Å²) in [6, 6.07) is 13.4. The van der Waals surface area contributed by atoms with Crippen LogP contribution in [0.5, 0.6) is 6.01 Å². The molecular weight excluding hydrogens is 590 g/mol.